The van der Waals surface area contributed by atoms with Gasteiger partial charge in [-0.1, -0.05) is 72.8 Å². The lowest BCUT2D eigenvalue weighted by Crippen LogP contribution is -2.30. The zero-order chi connectivity index (χ0) is 23.0. The van der Waals surface area contributed by atoms with Gasteiger partial charge in [-0.05, 0) is 41.8 Å². The topological polar surface area (TPSA) is 71.1 Å². The van der Waals surface area contributed by atoms with Crippen LogP contribution in [-0.4, -0.2) is 23.3 Å². The molecular formula is C28H25N3O2. The number of rotatable bonds is 7. The standard InChI is InChI=1S/C28H25N3O2/c1-20-9-8-14-24(26(20)31-27(32)23-15-17-29-18-16-23)28(33)30-19-25(21-10-4-2-5-11-21)22-12-6-3-7-13-22/h2-18,25H,19H2,1H3,(H,30,33)(H,31,32). The van der Waals surface area contributed by atoms with Crippen LogP contribution in [0.1, 0.15) is 43.3 Å². The Balaban J connectivity index is 1.56. The second-order valence-corrected chi connectivity index (χ2v) is 7.77. The minimum absolute atomic E-state index is 0.0102. The van der Waals surface area contributed by atoms with Gasteiger partial charge in [-0.25, -0.2) is 0 Å². The van der Waals surface area contributed by atoms with Crippen molar-refractivity contribution in [2.24, 2.45) is 0 Å². The summed E-state index contributed by atoms with van der Waals surface area (Å²) in [6.07, 6.45) is 3.13. The molecule has 0 aliphatic rings. The smallest absolute Gasteiger partial charge is 0.255 e. The quantitative estimate of drug-likeness (QED) is 0.419. The molecule has 4 aromatic rings. The van der Waals surface area contributed by atoms with Crippen molar-refractivity contribution in [3.05, 3.63) is 131 Å². The van der Waals surface area contributed by atoms with E-state index in [1.54, 1.807) is 30.6 Å². The molecule has 0 spiro atoms. The van der Waals surface area contributed by atoms with E-state index in [-0.39, 0.29) is 17.7 Å². The van der Waals surface area contributed by atoms with E-state index in [0.717, 1.165) is 16.7 Å². The SMILES string of the molecule is Cc1cccc(C(=O)NCC(c2ccccc2)c2ccccc2)c1NC(=O)c1ccncc1. The van der Waals surface area contributed by atoms with Gasteiger partial charge in [0.1, 0.15) is 0 Å². The van der Waals surface area contributed by atoms with Crippen molar-refractivity contribution in [1.82, 2.24) is 10.3 Å². The molecule has 0 radical (unpaired) electrons. The van der Waals surface area contributed by atoms with Gasteiger partial charge in [0.15, 0.2) is 0 Å². The predicted octanol–water partition coefficient (Wildman–Crippen LogP) is 5.20. The molecular weight excluding hydrogens is 410 g/mol. The first kappa shape index (κ1) is 22.0. The Labute approximate surface area is 193 Å². The number of aromatic nitrogens is 1. The average molecular weight is 436 g/mol. The number of nitrogens with zero attached hydrogens (tertiary/aromatic N) is 1. The van der Waals surface area contributed by atoms with Crippen LogP contribution in [0.4, 0.5) is 5.69 Å². The summed E-state index contributed by atoms with van der Waals surface area (Å²) in [4.78, 5) is 29.9. The molecule has 0 aliphatic heterocycles. The number of amides is 2. The summed E-state index contributed by atoms with van der Waals surface area (Å²) < 4.78 is 0. The molecule has 1 aromatic heterocycles. The monoisotopic (exact) mass is 435 g/mol. The second-order valence-electron chi connectivity index (χ2n) is 7.77. The maximum Gasteiger partial charge on any atom is 0.255 e. The fraction of sp³-hybridized carbons (Fsp3) is 0.107. The highest BCUT2D eigenvalue weighted by Gasteiger charge is 2.19. The molecule has 2 amide bonds. The number of pyridine rings is 1. The van der Waals surface area contributed by atoms with Crippen molar-refractivity contribution < 1.29 is 9.59 Å². The Morgan fingerprint density at radius 1 is 0.758 bits per heavy atom. The summed E-state index contributed by atoms with van der Waals surface area (Å²) in [7, 11) is 0. The number of benzene rings is 3. The van der Waals surface area contributed by atoms with Crippen molar-refractivity contribution >= 4 is 17.5 Å². The molecule has 0 aliphatic carbocycles. The molecule has 5 nitrogen and oxygen atoms in total. The van der Waals surface area contributed by atoms with Crippen LogP contribution in [0.3, 0.4) is 0 Å². The van der Waals surface area contributed by atoms with Gasteiger partial charge in [0.05, 0.1) is 11.3 Å². The Morgan fingerprint density at radius 2 is 1.36 bits per heavy atom. The Hall–Kier alpha value is -4.25. The second kappa shape index (κ2) is 10.4. The molecule has 0 bridgehead atoms. The van der Waals surface area contributed by atoms with Crippen LogP contribution in [-0.2, 0) is 0 Å². The van der Waals surface area contributed by atoms with Gasteiger partial charge in [-0.15, -0.1) is 0 Å². The summed E-state index contributed by atoms with van der Waals surface area (Å²) in [5, 5.41) is 5.98. The zero-order valence-electron chi connectivity index (χ0n) is 18.4. The summed E-state index contributed by atoms with van der Waals surface area (Å²) in [5.74, 6) is -0.510. The van der Waals surface area contributed by atoms with Crippen LogP contribution in [0.25, 0.3) is 0 Å². The van der Waals surface area contributed by atoms with Gasteiger partial charge in [-0.3, -0.25) is 14.6 Å². The minimum Gasteiger partial charge on any atom is -0.351 e. The molecule has 1 heterocycles. The summed E-state index contributed by atoms with van der Waals surface area (Å²) in [6, 6.07) is 28.9. The fourth-order valence-corrected chi connectivity index (χ4v) is 3.80. The number of carbonyl (C=O) groups is 2. The van der Waals surface area contributed by atoms with E-state index in [1.807, 2.05) is 55.5 Å². The predicted molar refractivity (Wildman–Crippen MR) is 130 cm³/mol. The number of nitrogens with one attached hydrogen (secondary N) is 2. The molecule has 0 unspecified atom stereocenters. The van der Waals surface area contributed by atoms with Gasteiger partial charge in [-0.2, -0.15) is 0 Å². The van der Waals surface area contributed by atoms with Crippen LogP contribution in [0.5, 0.6) is 0 Å². The minimum atomic E-state index is -0.285. The normalized spacial score (nSPS) is 10.6. The van der Waals surface area contributed by atoms with Crippen LogP contribution in [0, 0.1) is 6.92 Å². The van der Waals surface area contributed by atoms with Gasteiger partial charge >= 0.3 is 0 Å². The zero-order valence-corrected chi connectivity index (χ0v) is 18.4. The lowest BCUT2D eigenvalue weighted by atomic mass is 9.91. The first-order valence-electron chi connectivity index (χ1n) is 10.8. The van der Waals surface area contributed by atoms with E-state index in [0.29, 0.717) is 23.4 Å². The van der Waals surface area contributed by atoms with E-state index in [9.17, 15) is 9.59 Å². The van der Waals surface area contributed by atoms with Crippen LogP contribution in [0.2, 0.25) is 0 Å². The van der Waals surface area contributed by atoms with Crippen LogP contribution >= 0.6 is 0 Å². The first-order chi connectivity index (χ1) is 16.1. The summed E-state index contributed by atoms with van der Waals surface area (Å²) in [5.41, 5.74) is 4.48. The number of hydrogen-bond acceptors (Lipinski definition) is 3. The van der Waals surface area contributed by atoms with Crippen LogP contribution in [0.15, 0.2) is 103 Å². The van der Waals surface area contributed by atoms with E-state index in [1.165, 1.54) is 0 Å². The lowest BCUT2D eigenvalue weighted by molar-refractivity contribution is 0.0953. The average Bonchev–Trinajstić information content (AvgIpc) is 2.87. The first-order valence-corrected chi connectivity index (χ1v) is 10.8. The number of hydrogen-bond donors (Lipinski definition) is 2. The molecule has 5 heteroatoms. The maximum atomic E-state index is 13.2. The number of carbonyl (C=O) groups excluding carboxylic acids is 2. The number of para-hydroxylation sites is 1. The molecule has 0 saturated heterocycles. The van der Waals surface area contributed by atoms with Crippen LogP contribution < -0.4 is 10.6 Å². The van der Waals surface area contributed by atoms with Crippen molar-refractivity contribution in [3.63, 3.8) is 0 Å². The number of anilines is 1. The third kappa shape index (κ3) is 5.33. The van der Waals surface area contributed by atoms with E-state index < -0.39 is 0 Å². The Bertz CT molecular complexity index is 1190. The van der Waals surface area contributed by atoms with Crippen molar-refractivity contribution in [2.45, 2.75) is 12.8 Å². The summed E-state index contributed by atoms with van der Waals surface area (Å²) in [6.45, 7) is 2.30. The maximum absolute atomic E-state index is 13.2. The third-order valence-electron chi connectivity index (χ3n) is 5.57. The van der Waals surface area contributed by atoms with E-state index in [4.69, 9.17) is 0 Å². The number of aryl methyl sites for hydroxylation is 1. The highest BCUT2D eigenvalue weighted by Crippen LogP contribution is 2.25. The highest BCUT2D eigenvalue weighted by atomic mass is 16.2. The van der Waals surface area contributed by atoms with E-state index >= 15 is 0 Å². The molecule has 33 heavy (non-hydrogen) atoms. The molecule has 3 aromatic carbocycles. The van der Waals surface area contributed by atoms with Crippen molar-refractivity contribution in [3.8, 4) is 0 Å². The van der Waals surface area contributed by atoms with Gasteiger partial charge in [0, 0.05) is 30.4 Å². The Morgan fingerprint density at radius 3 is 1.97 bits per heavy atom. The van der Waals surface area contributed by atoms with Crippen molar-refractivity contribution in [1.29, 1.82) is 0 Å². The largest absolute Gasteiger partial charge is 0.351 e. The molecule has 2 N–H and O–H groups in total. The fourth-order valence-electron chi connectivity index (χ4n) is 3.80. The Kier molecular flexibility index (Phi) is 6.90. The molecule has 0 atom stereocenters. The third-order valence-corrected chi connectivity index (χ3v) is 5.57. The van der Waals surface area contributed by atoms with Gasteiger partial charge in [0.2, 0.25) is 0 Å². The molecule has 4 rings (SSSR count). The summed E-state index contributed by atoms with van der Waals surface area (Å²) >= 11 is 0. The molecule has 0 saturated carbocycles. The van der Waals surface area contributed by atoms with E-state index in [2.05, 4.69) is 39.9 Å². The lowest BCUT2D eigenvalue weighted by Gasteiger charge is -2.20. The van der Waals surface area contributed by atoms with Crippen molar-refractivity contribution in [2.75, 3.05) is 11.9 Å². The molecule has 0 fully saturated rings. The van der Waals surface area contributed by atoms with Gasteiger partial charge < -0.3 is 10.6 Å². The van der Waals surface area contributed by atoms with Gasteiger partial charge in [0.25, 0.3) is 11.8 Å². The highest BCUT2D eigenvalue weighted by molar-refractivity contribution is 6.09. The molecule has 164 valence electrons.